The molecule has 0 radical (unpaired) electrons. The van der Waals surface area contributed by atoms with Gasteiger partial charge in [-0.1, -0.05) is 0 Å². The highest BCUT2D eigenvalue weighted by atomic mass is 19.4. The molecule has 2 aromatic rings. The van der Waals surface area contributed by atoms with Gasteiger partial charge in [-0.05, 0) is 18.2 Å². The Morgan fingerprint density at radius 1 is 1.26 bits per heavy atom. The van der Waals surface area contributed by atoms with Crippen molar-refractivity contribution in [1.29, 1.82) is 0 Å². The number of halogens is 4. The minimum absolute atomic E-state index is 0.00846. The van der Waals surface area contributed by atoms with Crippen LogP contribution in [-0.2, 0) is 17.5 Å². The minimum Gasteiger partial charge on any atom is -0.368 e. The molecule has 1 aromatic heterocycles. The molecule has 0 spiro atoms. The average Bonchev–Trinajstić information content (AvgIpc) is 2.84. The van der Waals surface area contributed by atoms with Gasteiger partial charge in [0.1, 0.15) is 12.4 Å². The molecule has 0 aliphatic carbocycles. The quantitative estimate of drug-likeness (QED) is 0.837. The molecule has 0 aliphatic heterocycles. The number of aromatic nitrogens is 2. The van der Waals surface area contributed by atoms with E-state index in [2.05, 4.69) is 10.4 Å². The molecular formula is C13H10F4N4O2. The van der Waals surface area contributed by atoms with Gasteiger partial charge in [0.2, 0.25) is 5.91 Å². The molecule has 0 atom stereocenters. The second kappa shape index (κ2) is 6.07. The summed E-state index contributed by atoms with van der Waals surface area (Å²) in [7, 11) is 0. The van der Waals surface area contributed by atoms with Crippen molar-refractivity contribution in [3.8, 4) is 0 Å². The third-order valence-corrected chi connectivity index (χ3v) is 2.73. The number of carbonyl (C=O) groups is 2. The number of anilines is 1. The number of alkyl halides is 3. The Balaban J connectivity index is 2.18. The van der Waals surface area contributed by atoms with E-state index in [1.54, 1.807) is 0 Å². The van der Waals surface area contributed by atoms with Crippen molar-refractivity contribution in [2.45, 2.75) is 12.7 Å². The molecule has 2 rings (SSSR count). The number of primary amides is 1. The Hall–Kier alpha value is -2.91. The van der Waals surface area contributed by atoms with Gasteiger partial charge < -0.3 is 11.1 Å². The Morgan fingerprint density at radius 3 is 2.57 bits per heavy atom. The zero-order valence-electron chi connectivity index (χ0n) is 11.4. The number of benzene rings is 1. The lowest BCUT2D eigenvalue weighted by Crippen LogP contribution is -2.19. The molecule has 0 unspecified atom stereocenters. The molecule has 2 amide bonds. The van der Waals surface area contributed by atoms with Crippen LogP contribution in [0.15, 0.2) is 30.5 Å². The largest absolute Gasteiger partial charge is 0.419 e. The topological polar surface area (TPSA) is 90.0 Å². The number of nitrogens with one attached hydrogen (secondary N) is 1. The molecule has 23 heavy (non-hydrogen) atoms. The maximum Gasteiger partial charge on any atom is 0.419 e. The average molecular weight is 330 g/mol. The van der Waals surface area contributed by atoms with Crippen LogP contribution in [0.25, 0.3) is 0 Å². The van der Waals surface area contributed by atoms with Gasteiger partial charge in [-0.2, -0.15) is 18.3 Å². The van der Waals surface area contributed by atoms with Crippen molar-refractivity contribution in [3.05, 3.63) is 47.4 Å². The molecule has 122 valence electrons. The molecule has 0 saturated heterocycles. The Morgan fingerprint density at radius 2 is 1.96 bits per heavy atom. The Bertz CT molecular complexity index is 755. The first-order valence-electron chi connectivity index (χ1n) is 6.16. The molecular weight excluding hydrogens is 320 g/mol. The summed E-state index contributed by atoms with van der Waals surface area (Å²) in [6.07, 6.45) is -3.56. The highest BCUT2D eigenvalue weighted by Crippen LogP contribution is 2.32. The van der Waals surface area contributed by atoms with Gasteiger partial charge in [-0.15, -0.1) is 0 Å². The predicted molar refractivity (Wildman–Crippen MR) is 70.8 cm³/mol. The van der Waals surface area contributed by atoms with Crippen molar-refractivity contribution >= 4 is 17.6 Å². The van der Waals surface area contributed by atoms with E-state index >= 15 is 0 Å². The number of nitrogens with zero attached hydrogens (tertiary/aromatic N) is 2. The number of amides is 2. The monoisotopic (exact) mass is 330 g/mol. The van der Waals surface area contributed by atoms with Gasteiger partial charge in [0.15, 0.2) is 5.82 Å². The van der Waals surface area contributed by atoms with Crippen LogP contribution >= 0.6 is 0 Å². The third kappa shape index (κ3) is 4.05. The summed E-state index contributed by atoms with van der Waals surface area (Å²) in [5.41, 5.74) is 3.04. The van der Waals surface area contributed by atoms with Gasteiger partial charge in [0, 0.05) is 17.8 Å². The van der Waals surface area contributed by atoms with E-state index in [0.29, 0.717) is 12.1 Å². The Kier molecular flexibility index (Phi) is 4.34. The second-order valence-electron chi connectivity index (χ2n) is 4.51. The molecule has 0 fully saturated rings. The lowest BCUT2D eigenvalue weighted by molar-refractivity contribution is -0.140. The predicted octanol–water partition coefficient (Wildman–Crippen LogP) is 1.78. The zero-order chi connectivity index (χ0) is 17.2. The van der Waals surface area contributed by atoms with Crippen molar-refractivity contribution in [2.75, 3.05) is 5.32 Å². The highest BCUT2D eigenvalue weighted by molar-refractivity contribution is 6.03. The van der Waals surface area contributed by atoms with Crippen LogP contribution < -0.4 is 11.1 Å². The summed E-state index contributed by atoms with van der Waals surface area (Å²) >= 11 is 0. The number of carbonyl (C=O) groups excluding carboxylic acids is 2. The molecule has 10 heteroatoms. The fourth-order valence-electron chi connectivity index (χ4n) is 1.75. The van der Waals surface area contributed by atoms with Gasteiger partial charge in [-0.25, -0.2) is 4.39 Å². The molecule has 0 saturated carbocycles. The van der Waals surface area contributed by atoms with Crippen LogP contribution in [0.4, 0.5) is 23.4 Å². The van der Waals surface area contributed by atoms with Crippen LogP contribution in [-0.4, -0.2) is 21.6 Å². The molecule has 3 N–H and O–H groups in total. The standard InChI is InChI=1S/C13H10F4N4O2/c14-9-2-1-7(5-8(9)13(15,16)17)12(23)19-11-3-4-21(20-11)6-10(18)22/h1-5H,6H2,(H2,18,22)(H,19,20,23). The number of hydrogen-bond acceptors (Lipinski definition) is 3. The van der Waals surface area contributed by atoms with E-state index in [4.69, 9.17) is 5.73 Å². The van der Waals surface area contributed by atoms with Gasteiger partial charge in [0.05, 0.1) is 5.56 Å². The molecule has 0 bridgehead atoms. The van der Waals surface area contributed by atoms with Crippen molar-refractivity contribution in [1.82, 2.24) is 9.78 Å². The van der Waals surface area contributed by atoms with Crippen molar-refractivity contribution < 1.29 is 27.2 Å². The van der Waals surface area contributed by atoms with E-state index in [-0.39, 0.29) is 17.9 Å². The summed E-state index contributed by atoms with van der Waals surface area (Å²) < 4.78 is 52.2. The van der Waals surface area contributed by atoms with Gasteiger partial charge in [0.25, 0.3) is 5.91 Å². The van der Waals surface area contributed by atoms with Crippen LogP contribution in [0.5, 0.6) is 0 Å². The Labute approximate surface area is 126 Å². The third-order valence-electron chi connectivity index (χ3n) is 2.73. The van der Waals surface area contributed by atoms with Crippen LogP contribution in [0.1, 0.15) is 15.9 Å². The van der Waals surface area contributed by atoms with E-state index in [9.17, 15) is 27.2 Å². The van der Waals surface area contributed by atoms with E-state index < -0.39 is 29.4 Å². The first-order valence-corrected chi connectivity index (χ1v) is 6.16. The fraction of sp³-hybridized carbons (Fsp3) is 0.154. The lowest BCUT2D eigenvalue weighted by Gasteiger charge is -2.09. The summed E-state index contributed by atoms with van der Waals surface area (Å²) in [5.74, 6) is -3.02. The van der Waals surface area contributed by atoms with Crippen LogP contribution in [0.3, 0.4) is 0 Å². The lowest BCUT2D eigenvalue weighted by atomic mass is 10.1. The fourth-order valence-corrected chi connectivity index (χ4v) is 1.75. The van der Waals surface area contributed by atoms with E-state index in [1.807, 2.05) is 0 Å². The number of rotatable bonds is 4. The second-order valence-corrected chi connectivity index (χ2v) is 4.51. The zero-order valence-corrected chi connectivity index (χ0v) is 11.4. The highest BCUT2D eigenvalue weighted by Gasteiger charge is 2.34. The normalized spacial score (nSPS) is 11.3. The van der Waals surface area contributed by atoms with Crippen molar-refractivity contribution in [2.24, 2.45) is 5.73 Å². The molecule has 6 nitrogen and oxygen atoms in total. The minimum atomic E-state index is -4.91. The summed E-state index contributed by atoms with van der Waals surface area (Å²) in [5, 5.41) is 6.03. The number of hydrogen-bond donors (Lipinski definition) is 2. The first-order chi connectivity index (χ1) is 10.7. The summed E-state index contributed by atoms with van der Waals surface area (Å²) in [6, 6.07) is 3.21. The van der Waals surface area contributed by atoms with E-state index in [0.717, 1.165) is 10.7 Å². The maximum atomic E-state index is 13.2. The maximum absolute atomic E-state index is 13.2. The van der Waals surface area contributed by atoms with Gasteiger partial charge >= 0.3 is 6.18 Å². The molecule has 1 heterocycles. The van der Waals surface area contributed by atoms with E-state index in [1.165, 1.54) is 12.3 Å². The SMILES string of the molecule is NC(=O)Cn1ccc(NC(=O)c2ccc(F)c(C(F)(F)F)c2)n1. The number of nitrogens with two attached hydrogens (primary N) is 1. The first kappa shape index (κ1) is 16.5. The van der Waals surface area contributed by atoms with Crippen molar-refractivity contribution in [3.63, 3.8) is 0 Å². The van der Waals surface area contributed by atoms with Gasteiger partial charge in [-0.3, -0.25) is 14.3 Å². The molecule has 1 aromatic carbocycles. The van der Waals surface area contributed by atoms with Crippen LogP contribution in [0, 0.1) is 5.82 Å². The van der Waals surface area contributed by atoms with Crippen LogP contribution in [0.2, 0.25) is 0 Å². The summed E-state index contributed by atoms with van der Waals surface area (Å²) in [6.45, 7) is -0.218. The summed E-state index contributed by atoms with van der Waals surface area (Å²) in [4.78, 5) is 22.6. The molecule has 0 aliphatic rings. The smallest absolute Gasteiger partial charge is 0.368 e.